The van der Waals surface area contributed by atoms with E-state index in [0.717, 1.165) is 36.1 Å². The Morgan fingerprint density at radius 1 is 1.21 bits per heavy atom. The van der Waals surface area contributed by atoms with Gasteiger partial charge >= 0.3 is 0 Å². The lowest BCUT2D eigenvalue weighted by atomic mass is 9.92. The zero-order chi connectivity index (χ0) is 16.2. The lowest BCUT2D eigenvalue weighted by Gasteiger charge is -2.26. The Kier molecular flexibility index (Phi) is 6.66. The molecule has 1 fully saturated rings. The van der Waals surface area contributed by atoms with Gasteiger partial charge in [-0.25, -0.2) is 0 Å². The molecule has 1 aromatic carbocycles. The molecule has 0 bridgehead atoms. The van der Waals surface area contributed by atoms with Crippen LogP contribution in [-0.4, -0.2) is 25.1 Å². The molecule has 3 rings (SSSR count). The highest BCUT2D eigenvalue weighted by molar-refractivity contribution is 7.17. The second-order valence-corrected chi connectivity index (χ2v) is 7.01. The number of hydrogen-bond donors (Lipinski definition) is 2. The van der Waals surface area contributed by atoms with Crippen LogP contribution >= 0.6 is 23.7 Å². The lowest BCUT2D eigenvalue weighted by molar-refractivity contribution is 0.0927. The molecule has 0 radical (unpaired) electrons. The van der Waals surface area contributed by atoms with E-state index in [1.165, 1.54) is 11.3 Å². The van der Waals surface area contributed by atoms with Crippen LogP contribution in [0.3, 0.4) is 0 Å². The van der Waals surface area contributed by atoms with Gasteiger partial charge in [0, 0.05) is 17.0 Å². The summed E-state index contributed by atoms with van der Waals surface area (Å²) in [5.74, 6) is 0.591. The molecule has 3 N–H and O–H groups in total. The van der Waals surface area contributed by atoms with E-state index in [-0.39, 0.29) is 30.4 Å². The number of rotatable bonds is 4. The second kappa shape index (κ2) is 8.51. The highest BCUT2D eigenvalue weighted by Gasteiger charge is 2.23. The molecule has 0 atom stereocenters. The molecular formula is C18H23ClN2O2S. The van der Waals surface area contributed by atoms with Crippen molar-refractivity contribution in [3.63, 3.8) is 0 Å². The van der Waals surface area contributed by atoms with Crippen LogP contribution in [0.5, 0.6) is 5.75 Å². The van der Waals surface area contributed by atoms with Crippen LogP contribution in [0.15, 0.2) is 36.4 Å². The van der Waals surface area contributed by atoms with Gasteiger partial charge < -0.3 is 15.8 Å². The number of halogens is 1. The molecule has 24 heavy (non-hydrogen) atoms. The summed E-state index contributed by atoms with van der Waals surface area (Å²) in [6, 6.07) is 12.5. The third kappa shape index (κ3) is 4.29. The first-order chi connectivity index (χ1) is 11.2. The number of thiophene rings is 1. The van der Waals surface area contributed by atoms with Crippen LogP contribution in [-0.2, 0) is 0 Å². The standard InChI is InChI=1S/C18H22N2O2S.ClH/c1-22-15-11-16(12-5-3-2-4-6-12)23-17(15)18(21)20-14-9-7-13(19)8-10-14;/h2-6,11,13-14H,7-10,19H2,1H3,(H,20,21);1H. The molecule has 1 aliphatic rings. The monoisotopic (exact) mass is 366 g/mol. The Morgan fingerprint density at radius 2 is 1.88 bits per heavy atom. The van der Waals surface area contributed by atoms with Crippen molar-refractivity contribution in [2.24, 2.45) is 5.73 Å². The van der Waals surface area contributed by atoms with E-state index in [0.29, 0.717) is 10.6 Å². The van der Waals surface area contributed by atoms with Gasteiger partial charge in [0.2, 0.25) is 0 Å². The zero-order valence-corrected chi connectivity index (χ0v) is 15.3. The fourth-order valence-corrected chi connectivity index (χ4v) is 3.98. The van der Waals surface area contributed by atoms with Crippen LogP contribution in [0.2, 0.25) is 0 Å². The van der Waals surface area contributed by atoms with Crippen molar-refractivity contribution < 1.29 is 9.53 Å². The first-order valence-electron chi connectivity index (χ1n) is 7.97. The Morgan fingerprint density at radius 3 is 2.50 bits per heavy atom. The normalized spacial score (nSPS) is 20.1. The average Bonchev–Trinajstić information content (AvgIpc) is 3.02. The highest BCUT2D eigenvalue weighted by atomic mass is 35.5. The van der Waals surface area contributed by atoms with Gasteiger partial charge in [0.1, 0.15) is 10.6 Å². The van der Waals surface area contributed by atoms with Gasteiger partial charge in [0.05, 0.1) is 7.11 Å². The second-order valence-electron chi connectivity index (χ2n) is 5.96. The number of carbonyl (C=O) groups excluding carboxylic acids is 1. The number of ether oxygens (including phenoxy) is 1. The fraction of sp³-hybridized carbons (Fsp3) is 0.389. The third-order valence-electron chi connectivity index (χ3n) is 4.29. The average molecular weight is 367 g/mol. The topological polar surface area (TPSA) is 64.3 Å². The summed E-state index contributed by atoms with van der Waals surface area (Å²) in [5.41, 5.74) is 7.02. The van der Waals surface area contributed by atoms with E-state index < -0.39 is 0 Å². The molecule has 2 aromatic rings. The van der Waals surface area contributed by atoms with Crippen molar-refractivity contribution in [3.05, 3.63) is 41.3 Å². The zero-order valence-electron chi connectivity index (χ0n) is 13.7. The Bertz CT molecular complexity index is 667. The van der Waals surface area contributed by atoms with Crippen molar-refractivity contribution in [1.82, 2.24) is 5.32 Å². The number of amides is 1. The minimum Gasteiger partial charge on any atom is -0.495 e. The van der Waals surface area contributed by atoms with Gasteiger partial charge in [-0.15, -0.1) is 23.7 Å². The largest absolute Gasteiger partial charge is 0.495 e. The Hall–Kier alpha value is -1.56. The molecule has 6 heteroatoms. The Labute approximate surface area is 152 Å². The van der Waals surface area contributed by atoms with Crippen LogP contribution in [0, 0.1) is 0 Å². The van der Waals surface area contributed by atoms with Gasteiger partial charge in [-0.2, -0.15) is 0 Å². The molecule has 0 spiro atoms. The minimum atomic E-state index is -0.0468. The van der Waals surface area contributed by atoms with Crippen molar-refractivity contribution in [3.8, 4) is 16.2 Å². The van der Waals surface area contributed by atoms with Crippen LogP contribution < -0.4 is 15.8 Å². The van der Waals surface area contributed by atoms with Gasteiger partial charge in [0.15, 0.2) is 0 Å². The van der Waals surface area contributed by atoms with E-state index in [1.807, 2.05) is 36.4 Å². The van der Waals surface area contributed by atoms with Crippen LogP contribution in [0.1, 0.15) is 35.4 Å². The van der Waals surface area contributed by atoms with Crippen molar-refractivity contribution in [2.75, 3.05) is 7.11 Å². The van der Waals surface area contributed by atoms with Crippen LogP contribution in [0.25, 0.3) is 10.4 Å². The molecule has 1 amide bonds. The molecule has 0 saturated heterocycles. The summed E-state index contributed by atoms with van der Waals surface area (Å²) in [5, 5.41) is 3.13. The van der Waals surface area contributed by atoms with Gasteiger partial charge in [-0.3, -0.25) is 4.79 Å². The SMILES string of the molecule is COc1cc(-c2ccccc2)sc1C(=O)NC1CCC(N)CC1.Cl. The van der Waals surface area contributed by atoms with E-state index >= 15 is 0 Å². The van der Waals surface area contributed by atoms with Gasteiger partial charge in [-0.05, 0) is 37.3 Å². The van der Waals surface area contributed by atoms with E-state index in [1.54, 1.807) is 7.11 Å². The van der Waals surface area contributed by atoms with E-state index in [9.17, 15) is 4.79 Å². The molecule has 1 saturated carbocycles. The van der Waals surface area contributed by atoms with E-state index in [2.05, 4.69) is 5.32 Å². The van der Waals surface area contributed by atoms with Crippen molar-refractivity contribution in [2.45, 2.75) is 37.8 Å². The van der Waals surface area contributed by atoms with Gasteiger partial charge in [-0.1, -0.05) is 30.3 Å². The molecule has 130 valence electrons. The predicted octanol–water partition coefficient (Wildman–Crippen LogP) is 3.85. The first-order valence-corrected chi connectivity index (χ1v) is 8.78. The number of nitrogens with one attached hydrogen (secondary N) is 1. The maximum absolute atomic E-state index is 12.6. The summed E-state index contributed by atoms with van der Waals surface area (Å²) in [6.45, 7) is 0. The number of benzene rings is 1. The lowest BCUT2D eigenvalue weighted by Crippen LogP contribution is -2.40. The Balaban J connectivity index is 0.00000208. The smallest absolute Gasteiger partial charge is 0.265 e. The quantitative estimate of drug-likeness (QED) is 0.863. The number of methoxy groups -OCH3 is 1. The maximum atomic E-state index is 12.6. The van der Waals surface area contributed by atoms with Crippen molar-refractivity contribution >= 4 is 29.7 Å². The fourth-order valence-electron chi connectivity index (χ4n) is 2.94. The summed E-state index contributed by atoms with van der Waals surface area (Å²) >= 11 is 1.47. The summed E-state index contributed by atoms with van der Waals surface area (Å²) in [6.07, 6.45) is 3.85. The first kappa shape index (κ1) is 18.8. The molecule has 4 nitrogen and oxygen atoms in total. The van der Waals surface area contributed by atoms with Crippen LogP contribution in [0.4, 0.5) is 0 Å². The van der Waals surface area contributed by atoms with E-state index in [4.69, 9.17) is 10.5 Å². The molecule has 1 aromatic heterocycles. The molecule has 1 aliphatic carbocycles. The maximum Gasteiger partial charge on any atom is 0.265 e. The number of hydrogen-bond acceptors (Lipinski definition) is 4. The number of nitrogens with two attached hydrogens (primary N) is 1. The molecule has 0 unspecified atom stereocenters. The summed E-state index contributed by atoms with van der Waals surface area (Å²) in [7, 11) is 1.60. The number of carbonyl (C=O) groups is 1. The minimum absolute atomic E-state index is 0. The predicted molar refractivity (Wildman–Crippen MR) is 101 cm³/mol. The van der Waals surface area contributed by atoms with Crippen molar-refractivity contribution in [1.29, 1.82) is 0 Å². The highest BCUT2D eigenvalue weighted by Crippen LogP contribution is 2.36. The summed E-state index contributed by atoms with van der Waals surface area (Å²) in [4.78, 5) is 14.3. The van der Waals surface area contributed by atoms with Gasteiger partial charge in [0.25, 0.3) is 5.91 Å². The molecular weight excluding hydrogens is 344 g/mol. The summed E-state index contributed by atoms with van der Waals surface area (Å²) < 4.78 is 5.40. The third-order valence-corrected chi connectivity index (χ3v) is 5.45. The molecule has 1 heterocycles. The molecule has 0 aliphatic heterocycles.